The van der Waals surface area contributed by atoms with Crippen LogP contribution in [0.25, 0.3) is 11.0 Å². The third-order valence-corrected chi connectivity index (χ3v) is 4.90. The monoisotopic (exact) mass is 390 g/mol. The lowest BCUT2D eigenvalue weighted by atomic mass is 10.1. The van der Waals surface area contributed by atoms with Gasteiger partial charge in [0.2, 0.25) is 0 Å². The van der Waals surface area contributed by atoms with E-state index < -0.39 is 0 Å². The van der Waals surface area contributed by atoms with E-state index in [0.29, 0.717) is 16.4 Å². The van der Waals surface area contributed by atoms with Crippen LogP contribution in [0.4, 0.5) is 0 Å². The van der Waals surface area contributed by atoms with E-state index in [1.807, 2.05) is 60.0 Å². The predicted octanol–water partition coefficient (Wildman–Crippen LogP) is 5.46. The van der Waals surface area contributed by atoms with E-state index in [9.17, 15) is 4.79 Å². The molecular formula is C23H19ClN2O2. The zero-order valence-corrected chi connectivity index (χ0v) is 16.2. The van der Waals surface area contributed by atoms with E-state index in [4.69, 9.17) is 16.3 Å². The van der Waals surface area contributed by atoms with E-state index in [2.05, 4.69) is 4.98 Å². The number of aromatic nitrogens is 2. The number of aryl methyl sites for hydroxylation is 1. The topological polar surface area (TPSA) is 44.1 Å². The molecule has 0 unspecified atom stereocenters. The summed E-state index contributed by atoms with van der Waals surface area (Å²) < 4.78 is 7.91. The SMILES string of the molecule is Cc1ccccc1OCc1nc2ccccc2n1CC(=O)c1ccc(Cl)cc1. The van der Waals surface area contributed by atoms with Crippen molar-refractivity contribution < 1.29 is 9.53 Å². The van der Waals surface area contributed by atoms with Gasteiger partial charge >= 0.3 is 0 Å². The Kier molecular flexibility index (Phi) is 5.13. The number of hydrogen-bond donors (Lipinski definition) is 0. The van der Waals surface area contributed by atoms with Crippen molar-refractivity contribution in [1.82, 2.24) is 9.55 Å². The van der Waals surface area contributed by atoms with Gasteiger partial charge in [-0.15, -0.1) is 0 Å². The quantitative estimate of drug-likeness (QED) is 0.410. The lowest BCUT2D eigenvalue weighted by molar-refractivity contribution is 0.0971. The van der Waals surface area contributed by atoms with Crippen molar-refractivity contribution in [2.24, 2.45) is 0 Å². The number of nitrogens with zero attached hydrogens (tertiary/aromatic N) is 2. The molecule has 0 saturated heterocycles. The van der Waals surface area contributed by atoms with Crippen molar-refractivity contribution in [3.05, 3.63) is 94.8 Å². The molecule has 5 heteroatoms. The van der Waals surface area contributed by atoms with Gasteiger partial charge < -0.3 is 9.30 Å². The smallest absolute Gasteiger partial charge is 0.182 e. The first-order valence-corrected chi connectivity index (χ1v) is 9.41. The Labute approximate surface area is 168 Å². The molecule has 1 heterocycles. The fourth-order valence-corrected chi connectivity index (χ4v) is 3.27. The maximum absolute atomic E-state index is 12.8. The molecule has 0 amide bonds. The van der Waals surface area contributed by atoms with Crippen molar-refractivity contribution in [3.8, 4) is 5.75 Å². The van der Waals surface area contributed by atoms with Gasteiger partial charge in [0.15, 0.2) is 5.78 Å². The number of imidazole rings is 1. The zero-order chi connectivity index (χ0) is 19.5. The lowest BCUT2D eigenvalue weighted by Crippen LogP contribution is -2.14. The Balaban J connectivity index is 1.64. The third kappa shape index (κ3) is 3.78. The zero-order valence-electron chi connectivity index (χ0n) is 15.4. The first kappa shape index (κ1) is 18.3. The molecule has 0 bridgehead atoms. The number of Topliss-reactive ketones (excluding diaryl/α,β-unsaturated/α-hetero) is 1. The molecule has 0 saturated carbocycles. The lowest BCUT2D eigenvalue weighted by Gasteiger charge is -2.11. The molecule has 0 spiro atoms. The van der Waals surface area contributed by atoms with Crippen molar-refractivity contribution in [2.45, 2.75) is 20.1 Å². The van der Waals surface area contributed by atoms with Crippen LogP contribution in [0.1, 0.15) is 21.7 Å². The van der Waals surface area contributed by atoms with Gasteiger partial charge in [0.05, 0.1) is 17.6 Å². The van der Waals surface area contributed by atoms with Gasteiger partial charge in [-0.1, -0.05) is 41.9 Å². The largest absolute Gasteiger partial charge is 0.485 e. The number of hydrogen-bond acceptors (Lipinski definition) is 3. The molecular weight excluding hydrogens is 372 g/mol. The normalized spacial score (nSPS) is 10.9. The summed E-state index contributed by atoms with van der Waals surface area (Å²) in [6.07, 6.45) is 0. The maximum atomic E-state index is 12.8. The molecule has 4 nitrogen and oxygen atoms in total. The molecule has 140 valence electrons. The summed E-state index contributed by atoms with van der Waals surface area (Å²) in [6.45, 7) is 2.48. The van der Waals surface area contributed by atoms with Crippen LogP contribution in [0.3, 0.4) is 0 Å². The van der Waals surface area contributed by atoms with Crippen LogP contribution in [0, 0.1) is 6.92 Å². The fourth-order valence-electron chi connectivity index (χ4n) is 3.14. The Morgan fingerprint density at radius 2 is 1.71 bits per heavy atom. The average molecular weight is 391 g/mol. The average Bonchev–Trinajstić information content (AvgIpc) is 3.05. The molecule has 0 N–H and O–H groups in total. The second-order valence-corrected chi connectivity index (χ2v) is 7.02. The van der Waals surface area contributed by atoms with Crippen LogP contribution in [0.2, 0.25) is 5.02 Å². The van der Waals surface area contributed by atoms with Crippen LogP contribution in [-0.2, 0) is 13.2 Å². The molecule has 1 aromatic heterocycles. The standard InChI is InChI=1S/C23H19ClN2O2/c1-16-6-2-5-9-22(16)28-15-23-25-19-7-3-4-8-20(19)26(23)14-21(27)17-10-12-18(24)13-11-17/h2-13H,14-15H2,1H3. The Morgan fingerprint density at radius 3 is 2.50 bits per heavy atom. The number of para-hydroxylation sites is 3. The first-order valence-electron chi connectivity index (χ1n) is 9.03. The minimum atomic E-state index is -0.00281. The molecule has 4 aromatic rings. The van der Waals surface area contributed by atoms with Gasteiger partial charge in [0.25, 0.3) is 0 Å². The highest BCUT2D eigenvalue weighted by Gasteiger charge is 2.15. The minimum absolute atomic E-state index is 0.00281. The van der Waals surface area contributed by atoms with Crippen molar-refractivity contribution in [1.29, 1.82) is 0 Å². The van der Waals surface area contributed by atoms with Crippen LogP contribution in [0.5, 0.6) is 5.75 Å². The number of halogens is 1. The Hall–Kier alpha value is -3.11. The molecule has 0 atom stereocenters. The van der Waals surface area contributed by atoms with Gasteiger partial charge in [-0.2, -0.15) is 0 Å². The second-order valence-electron chi connectivity index (χ2n) is 6.59. The molecule has 0 fully saturated rings. The summed E-state index contributed by atoms with van der Waals surface area (Å²) in [6, 6.07) is 22.6. The van der Waals surface area contributed by atoms with Crippen LogP contribution < -0.4 is 4.74 Å². The summed E-state index contributed by atoms with van der Waals surface area (Å²) in [5, 5.41) is 0.608. The van der Waals surface area contributed by atoms with E-state index in [1.165, 1.54) is 0 Å². The molecule has 3 aromatic carbocycles. The molecule has 0 radical (unpaired) electrons. The summed E-state index contributed by atoms with van der Waals surface area (Å²) >= 11 is 5.93. The molecule has 0 aliphatic carbocycles. The van der Waals surface area contributed by atoms with E-state index >= 15 is 0 Å². The maximum Gasteiger partial charge on any atom is 0.182 e. The Bertz CT molecular complexity index is 1130. The molecule has 0 aliphatic heterocycles. The highest BCUT2D eigenvalue weighted by molar-refractivity contribution is 6.30. The molecule has 0 aliphatic rings. The van der Waals surface area contributed by atoms with Crippen molar-refractivity contribution in [2.75, 3.05) is 0 Å². The van der Waals surface area contributed by atoms with E-state index in [0.717, 1.165) is 22.3 Å². The van der Waals surface area contributed by atoms with E-state index in [-0.39, 0.29) is 18.9 Å². The predicted molar refractivity (Wildman–Crippen MR) is 111 cm³/mol. The second kappa shape index (κ2) is 7.87. The number of carbonyl (C=O) groups excluding carboxylic acids is 1. The Morgan fingerprint density at radius 1 is 1.00 bits per heavy atom. The van der Waals surface area contributed by atoms with Gasteiger partial charge in [0.1, 0.15) is 18.2 Å². The van der Waals surface area contributed by atoms with Crippen molar-refractivity contribution in [3.63, 3.8) is 0 Å². The summed E-state index contributed by atoms with van der Waals surface area (Å²) in [5.41, 5.74) is 3.43. The van der Waals surface area contributed by atoms with Gasteiger partial charge in [-0.3, -0.25) is 4.79 Å². The van der Waals surface area contributed by atoms with E-state index in [1.54, 1.807) is 24.3 Å². The van der Waals surface area contributed by atoms with Crippen LogP contribution in [-0.4, -0.2) is 15.3 Å². The summed E-state index contributed by atoms with van der Waals surface area (Å²) in [7, 11) is 0. The highest BCUT2D eigenvalue weighted by atomic mass is 35.5. The minimum Gasteiger partial charge on any atom is -0.485 e. The van der Waals surface area contributed by atoms with Gasteiger partial charge in [-0.25, -0.2) is 4.98 Å². The number of rotatable bonds is 6. The third-order valence-electron chi connectivity index (χ3n) is 4.65. The van der Waals surface area contributed by atoms with Crippen molar-refractivity contribution >= 4 is 28.4 Å². The fraction of sp³-hybridized carbons (Fsp3) is 0.130. The summed E-state index contributed by atoms with van der Waals surface area (Å²) in [5.74, 6) is 1.52. The van der Waals surface area contributed by atoms with Crippen LogP contribution >= 0.6 is 11.6 Å². The summed E-state index contributed by atoms with van der Waals surface area (Å²) in [4.78, 5) is 17.5. The molecule has 28 heavy (non-hydrogen) atoms. The number of fused-ring (bicyclic) bond motifs is 1. The molecule has 4 rings (SSSR count). The number of carbonyl (C=O) groups is 1. The number of ether oxygens (including phenoxy) is 1. The first-order chi connectivity index (χ1) is 13.6. The number of ketones is 1. The van der Waals surface area contributed by atoms with Gasteiger partial charge in [-0.05, 0) is 55.0 Å². The number of benzene rings is 3. The highest BCUT2D eigenvalue weighted by Crippen LogP contribution is 2.21. The van der Waals surface area contributed by atoms with Crippen LogP contribution in [0.15, 0.2) is 72.8 Å². The van der Waals surface area contributed by atoms with Gasteiger partial charge in [0, 0.05) is 10.6 Å².